The summed E-state index contributed by atoms with van der Waals surface area (Å²) in [6.07, 6.45) is 6.24. The van der Waals surface area contributed by atoms with Crippen LogP contribution >= 0.6 is 0 Å². The molecule has 0 radical (unpaired) electrons. The lowest BCUT2D eigenvalue weighted by Gasteiger charge is -2.30. The average Bonchev–Trinajstić information content (AvgIpc) is 2.48. The molecule has 118 valence electrons. The maximum absolute atomic E-state index is 5.89. The summed E-state index contributed by atoms with van der Waals surface area (Å²) in [7, 11) is 0. The van der Waals surface area contributed by atoms with Crippen LogP contribution in [0.15, 0.2) is 24.3 Å². The number of ether oxygens (including phenoxy) is 2. The highest BCUT2D eigenvalue weighted by molar-refractivity contribution is 5.49. The van der Waals surface area contributed by atoms with Crippen LogP contribution in [0.3, 0.4) is 0 Å². The minimum atomic E-state index is 0.261. The molecule has 2 rings (SSSR count). The Morgan fingerprint density at radius 2 is 2.24 bits per heavy atom. The Morgan fingerprint density at radius 3 is 3.00 bits per heavy atom. The summed E-state index contributed by atoms with van der Waals surface area (Å²) in [6, 6.07) is 8.82. The second-order valence-electron chi connectivity index (χ2n) is 6.01. The Balaban J connectivity index is 1.91. The molecule has 0 amide bonds. The predicted molar refractivity (Wildman–Crippen MR) is 88.1 cm³/mol. The van der Waals surface area contributed by atoms with Crippen LogP contribution in [0.25, 0.3) is 0 Å². The van der Waals surface area contributed by atoms with Crippen molar-refractivity contribution in [3.8, 4) is 5.75 Å². The molecule has 1 aliphatic heterocycles. The van der Waals surface area contributed by atoms with Crippen LogP contribution in [0.4, 0.5) is 5.69 Å². The first-order valence-corrected chi connectivity index (χ1v) is 8.36. The molecule has 3 nitrogen and oxygen atoms in total. The molecule has 1 aromatic rings. The molecule has 1 heterocycles. The Hall–Kier alpha value is -1.22. The molecule has 3 unspecified atom stereocenters. The molecule has 21 heavy (non-hydrogen) atoms. The number of nitrogens with one attached hydrogen (secondary N) is 1. The summed E-state index contributed by atoms with van der Waals surface area (Å²) < 4.78 is 11.7. The molecule has 0 bridgehead atoms. The van der Waals surface area contributed by atoms with Crippen LogP contribution in [-0.2, 0) is 4.74 Å². The van der Waals surface area contributed by atoms with Crippen molar-refractivity contribution in [3.05, 3.63) is 24.3 Å². The van der Waals surface area contributed by atoms with Crippen molar-refractivity contribution in [1.82, 2.24) is 0 Å². The molecule has 1 saturated heterocycles. The van der Waals surface area contributed by atoms with Gasteiger partial charge in [-0.05, 0) is 44.7 Å². The van der Waals surface area contributed by atoms with Crippen molar-refractivity contribution in [2.45, 2.75) is 71.1 Å². The van der Waals surface area contributed by atoms with Gasteiger partial charge in [-0.2, -0.15) is 0 Å². The zero-order valence-corrected chi connectivity index (χ0v) is 13.6. The Labute approximate surface area is 129 Å². The van der Waals surface area contributed by atoms with Gasteiger partial charge in [0.2, 0.25) is 0 Å². The van der Waals surface area contributed by atoms with Gasteiger partial charge in [-0.15, -0.1) is 0 Å². The molecule has 0 saturated carbocycles. The second-order valence-corrected chi connectivity index (χ2v) is 6.01. The summed E-state index contributed by atoms with van der Waals surface area (Å²) in [5.41, 5.74) is 1.15. The van der Waals surface area contributed by atoms with E-state index in [-0.39, 0.29) is 6.10 Å². The SMILES string of the molecule is CCCC1CC(Nc2cccc(OC(C)CC)c2)CCO1. The fourth-order valence-electron chi connectivity index (χ4n) is 2.74. The third kappa shape index (κ3) is 5.24. The standard InChI is InChI=1S/C18H29NO2/c1-4-7-17-12-16(10-11-20-17)19-15-8-6-9-18(13-15)21-14(3)5-2/h6,8-9,13-14,16-17,19H,4-5,7,10-12H2,1-3H3. The Bertz CT molecular complexity index is 419. The third-order valence-corrected chi connectivity index (χ3v) is 4.09. The van der Waals surface area contributed by atoms with E-state index in [9.17, 15) is 0 Å². The number of hydrogen-bond donors (Lipinski definition) is 1. The van der Waals surface area contributed by atoms with E-state index >= 15 is 0 Å². The van der Waals surface area contributed by atoms with Crippen LogP contribution in [0.1, 0.15) is 52.9 Å². The second kappa shape index (κ2) is 8.28. The van der Waals surface area contributed by atoms with E-state index in [0.29, 0.717) is 12.1 Å². The predicted octanol–water partition coefficient (Wildman–Crippen LogP) is 4.62. The maximum atomic E-state index is 5.89. The van der Waals surface area contributed by atoms with E-state index in [1.165, 1.54) is 6.42 Å². The summed E-state index contributed by atoms with van der Waals surface area (Å²) in [4.78, 5) is 0. The van der Waals surface area contributed by atoms with Gasteiger partial charge in [0.25, 0.3) is 0 Å². The van der Waals surface area contributed by atoms with Gasteiger partial charge in [-0.3, -0.25) is 0 Å². The number of rotatable bonds is 7. The zero-order valence-electron chi connectivity index (χ0n) is 13.6. The van der Waals surface area contributed by atoms with Crippen LogP contribution < -0.4 is 10.1 Å². The Morgan fingerprint density at radius 1 is 1.38 bits per heavy atom. The van der Waals surface area contributed by atoms with Gasteiger partial charge >= 0.3 is 0 Å². The van der Waals surface area contributed by atoms with Crippen LogP contribution in [0.5, 0.6) is 5.75 Å². The maximum Gasteiger partial charge on any atom is 0.121 e. The third-order valence-electron chi connectivity index (χ3n) is 4.09. The summed E-state index contributed by atoms with van der Waals surface area (Å²) >= 11 is 0. The zero-order chi connectivity index (χ0) is 15.1. The van der Waals surface area contributed by atoms with E-state index in [1.54, 1.807) is 0 Å². The summed E-state index contributed by atoms with van der Waals surface area (Å²) in [5.74, 6) is 0.950. The van der Waals surface area contributed by atoms with Gasteiger partial charge in [-0.1, -0.05) is 26.3 Å². The quantitative estimate of drug-likeness (QED) is 0.795. The molecular weight excluding hydrogens is 262 g/mol. The largest absolute Gasteiger partial charge is 0.491 e. The summed E-state index contributed by atoms with van der Waals surface area (Å²) in [6.45, 7) is 7.33. The first kappa shape index (κ1) is 16.2. The molecule has 1 fully saturated rings. The van der Waals surface area contributed by atoms with Crippen LogP contribution in [0, 0.1) is 0 Å². The molecular formula is C18H29NO2. The smallest absolute Gasteiger partial charge is 0.121 e. The molecule has 0 aliphatic carbocycles. The van der Waals surface area contributed by atoms with Gasteiger partial charge in [-0.25, -0.2) is 0 Å². The Kier molecular flexibility index (Phi) is 6.37. The highest BCUT2D eigenvalue weighted by atomic mass is 16.5. The van der Waals surface area contributed by atoms with E-state index in [1.807, 2.05) is 6.07 Å². The van der Waals surface area contributed by atoms with Gasteiger partial charge in [0.1, 0.15) is 5.75 Å². The molecule has 3 heteroatoms. The lowest BCUT2D eigenvalue weighted by atomic mass is 10.00. The van der Waals surface area contributed by atoms with E-state index in [0.717, 1.165) is 43.7 Å². The molecule has 1 aromatic carbocycles. The molecule has 3 atom stereocenters. The minimum Gasteiger partial charge on any atom is -0.491 e. The fourth-order valence-corrected chi connectivity index (χ4v) is 2.74. The van der Waals surface area contributed by atoms with Gasteiger partial charge in [0, 0.05) is 24.4 Å². The van der Waals surface area contributed by atoms with Gasteiger partial charge < -0.3 is 14.8 Å². The number of hydrogen-bond acceptors (Lipinski definition) is 3. The topological polar surface area (TPSA) is 30.5 Å². The highest BCUT2D eigenvalue weighted by Gasteiger charge is 2.21. The van der Waals surface area contributed by atoms with Crippen molar-refractivity contribution < 1.29 is 9.47 Å². The van der Waals surface area contributed by atoms with Gasteiger partial charge in [0.15, 0.2) is 0 Å². The average molecular weight is 291 g/mol. The lowest BCUT2D eigenvalue weighted by Crippen LogP contribution is -2.33. The van der Waals surface area contributed by atoms with E-state index in [2.05, 4.69) is 44.3 Å². The number of benzene rings is 1. The van der Waals surface area contributed by atoms with Crippen LogP contribution in [-0.4, -0.2) is 24.9 Å². The first-order chi connectivity index (χ1) is 10.2. The first-order valence-electron chi connectivity index (χ1n) is 8.36. The van der Waals surface area contributed by atoms with E-state index < -0.39 is 0 Å². The minimum absolute atomic E-state index is 0.261. The van der Waals surface area contributed by atoms with Crippen molar-refractivity contribution in [2.24, 2.45) is 0 Å². The van der Waals surface area contributed by atoms with E-state index in [4.69, 9.17) is 9.47 Å². The molecule has 1 N–H and O–H groups in total. The lowest BCUT2D eigenvalue weighted by molar-refractivity contribution is 0.00598. The fraction of sp³-hybridized carbons (Fsp3) is 0.667. The normalized spacial score (nSPS) is 23.6. The van der Waals surface area contributed by atoms with Crippen molar-refractivity contribution in [2.75, 3.05) is 11.9 Å². The van der Waals surface area contributed by atoms with Crippen LogP contribution in [0.2, 0.25) is 0 Å². The van der Waals surface area contributed by atoms with Crippen molar-refractivity contribution >= 4 is 5.69 Å². The monoisotopic (exact) mass is 291 g/mol. The van der Waals surface area contributed by atoms with Crippen molar-refractivity contribution in [1.29, 1.82) is 0 Å². The molecule has 0 aromatic heterocycles. The summed E-state index contributed by atoms with van der Waals surface area (Å²) in [5, 5.41) is 3.64. The van der Waals surface area contributed by atoms with Gasteiger partial charge in [0.05, 0.1) is 12.2 Å². The molecule has 0 spiro atoms. The highest BCUT2D eigenvalue weighted by Crippen LogP contribution is 2.24. The number of anilines is 1. The van der Waals surface area contributed by atoms with Crippen molar-refractivity contribution in [3.63, 3.8) is 0 Å². The molecule has 1 aliphatic rings.